The van der Waals surface area contributed by atoms with Gasteiger partial charge in [-0.3, -0.25) is 9.52 Å². The molecule has 9 nitrogen and oxygen atoms in total. The minimum Gasteiger partial charge on any atom is -0.372 e. The highest BCUT2D eigenvalue weighted by molar-refractivity contribution is 7.92. The van der Waals surface area contributed by atoms with E-state index < -0.39 is 38.7 Å². The van der Waals surface area contributed by atoms with Crippen LogP contribution >= 0.6 is 0 Å². The van der Waals surface area contributed by atoms with Crippen LogP contribution in [-0.4, -0.2) is 63.5 Å². The number of nitrogens with one attached hydrogen (secondary N) is 2. The van der Waals surface area contributed by atoms with Gasteiger partial charge in [-0.05, 0) is 67.5 Å². The van der Waals surface area contributed by atoms with Crippen LogP contribution in [0.1, 0.15) is 41.6 Å². The van der Waals surface area contributed by atoms with Crippen molar-refractivity contribution in [1.29, 1.82) is 0 Å². The van der Waals surface area contributed by atoms with E-state index in [9.17, 15) is 17.6 Å². The van der Waals surface area contributed by atoms with E-state index >= 15 is 4.39 Å². The lowest BCUT2D eigenvalue weighted by molar-refractivity contribution is -0.141. The van der Waals surface area contributed by atoms with Gasteiger partial charge in [0.1, 0.15) is 11.5 Å². The number of carbonyl (C=O) groups excluding carboxylic acids is 1. The predicted octanol–water partition coefficient (Wildman–Crippen LogP) is 5.73. The van der Waals surface area contributed by atoms with Crippen molar-refractivity contribution in [3.63, 3.8) is 0 Å². The summed E-state index contributed by atoms with van der Waals surface area (Å²) >= 11 is 0. The molecule has 1 aliphatic heterocycles. The molecule has 2 fully saturated rings. The molecular formula is C32H34F2N4O5S. The molecule has 0 atom stereocenters. The average Bonchev–Trinajstić information content (AvgIpc) is 3.72. The summed E-state index contributed by atoms with van der Waals surface area (Å²) in [5.41, 5.74) is 1.78. The van der Waals surface area contributed by atoms with Crippen molar-refractivity contribution in [2.24, 2.45) is 11.8 Å². The molecule has 0 amide bonds. The van der Waals surface area contributed by atoms with Crippen molar-refractivity contribution in [2.45, 2.75) is 32.0 Å². The Bertz CT molecular complexity index is 1780. The summed E-state index contributed by atoms with van der Waals surface area (Å²) in [7, 11) is -0.522. The van der Waals surface area contributed by atoms with Gasteiger partial charge in [0, 0.05) is 67.8 Å². The third-order valence-electron chi connectivity index (χ3n) is 8.47. The van der Waals surface area contributed by atoms with E-state index in [0.29, 0.717) is 17.0 Å². The lowest BCUT2D eigenvalue weighted by Crippen LogP contribution is -2.39. The molecule has 0 radical (unpaired) electrons. The van der Waals surface area contributed by atoms with Crippen LogP contribution in [0.4, 0.5) is 20.2 Å². The number of nitrogens with zero attached hydrogens (tertiary/aromatic N) is 2. The lowest BCUT2D eigenvalue weighted by Gasteiger charge is -2.36. The second-order valence-electron chi connectivity index (χ2n) is 11.5. The van der Waals surface area contributed by atoms with Crippen molar-refractivity contribution < 1.29 is 31.5 Å². The van der Waals surface area contributed by atoms with Crippen molar-refractivity contribution in [3.8, 4) is 11.1 Å². The third-order valence-corrected chi connectivity index (χ3v) is 9.91. The highest BCUT2D eigenvalue weighted by Crippen LogP contribution is 2.33. The first-order valence-electron chi connectivity index (χ1n) is 14.6. The quantitative estimate of drug-likeness (QED) is 0.162. The Morgan fingerprint density at radius 3 is 2.41 bits per heavy atom. The summed E-state index contributed by atoms with van der Waals surface area (Å²) in [5.74, 6) is -3.03. The lowest BCUT2D eigenvalue weighted by atomic mass is 9.95. The molecule has 44 heavy (non-hydrogen) atoms. The van der Waals surface area contributed by atoms with Gasteiger partial charge in [-0.1, -0.05) is 12.1 Å². The van der Waals surface area contributed by atoms with E-state index in [0.717, 1.165) is 67.7 Å². The number of fused-ring (bicyclic) bond motifs is 1. The summed E-state index contributed by atoms with van der Waals surface area (Å²) in [6.45, 7) is 1.76. The topological polar surface area (TPSA) is 114 Å². The number of methoxy groups -OCH3 is 2. The van der Waals surface area contributed by atoms with Gasteiger partial charge < -0.3 is 19.4 Å². The molecule has 2 N–H and O–H groups in total. The monoisotopic (exact) mass is 624 g/mol. The maximum atomic E-state index is 15.5. The van der Waals surface area contributed by atoms with Gasteiger partial charge >= 0.3 is 0 Å². The van der Waals surface area contributed by atoms with E-state index in [1.807, 2.05) is 24.3 Å². The van der Waals surface area contributed by atoms with Crippen LogP contribution in [0.15, 0.2) is 54.9 Å². The number of benzene rings is 2. The first kappa shape index (κ1) is 30.2. The number of ether oxygens (including phenoxy) is 2. The normalized spacial score (nSPS) is 16.2. The Labute approximate surface area is 254 Å². The van der Waals surface area contributed by atoms with Crippen LogP contribution in [0.5, 0.6) is 0 Å². The second-order valence-corrected chi connectivity index (χ2v) is 13.2. The molecule has 0 spiro atoms. The maximum Gasteiger partial charge on any atom is 0.233 e. The van der Waals surface area contributed by atoms with Crippen molar-refractivity contribution in [2.75, 3.05) is 42.7 Å². The van der Waals surface area contributed by atoms with Crippen molar-refractivity contribution >= 4 is 38.2 Å². The Kier molecular flexibility index (Phi) is 8.40. The first-order valence-corrected chi connectivity index (χ1v) is 16.2. The Morgan fingerprint density at radius 2 is 1.75 bits per heavy atom. The number of piperidine rings is 1. The van der Waals surface area contributed by atoms with Crippen LogP contribution in [0.25, 0.3) is 22.2 Å². The van der Waals surface area contributed by atoms with E-state index in [2.05, 4.69) is 19.6 Å². The molecule has 2 aliphatic rings. The number of rotatable bonds is 11. The van der Waals surface area contributed by atoms with Gasteiger partial charge in [-0.15, -0.1) is 0 Å². The highest BCUT2D eigenvalue weighted by atomic mass is 32.2. The number of sulfonamides is 1. The fourth-order valence-corrected chi connectivity index (χ4v) is 7.43. The number of aromatic nitrogens is 2. The second kappa shape index (κ2) is 12.3. The summed E-state index contributed by atoms with van der Waals surface area (Å²) in [4.78, 5) is 23.2. The van der Waals surface area contributed by atoms with E-state index in [1.165, 1.54) is 6.20 Å². The number of aromatic amines is 1. The van der Waals surface area contributed by atoms with Crippen molar-refractivity contribution in [3.05, 3.63) is 77.6 Å². The number of hydrogen-bond donors (Lipinski definition) is 2. The van der Waals surface area contributed by atoms with Gasteiger partial charge in [0.05, 0.1) is 17.0 Å². The summed E-state index contributed by atoms with van der Waals surface area (Å²) < 4.78 is 68.3. The van der Waals surface area contributed by atoms with Crippen LogP contribution in [0.3, 0.4) is 0 Å². The molecule has 0 bridgehead atoms. The molecule has 1 saturated carbocycles. The number of carbonyl (C=O) groups is 1. The Morgan fingerprint density at radius 1 is 1.05 bits per heavy atom. The molecule has 1 saturated heterocycles. The smallest absolute Gasteiger partial charge is 0.233 e. The molecule has 4 aromatic rings. The Hall–Kier alpha value is -3.87. The van der Waals surface area contributed by atoms with E-state index in [1.54, 1.807) is 26.5 Å². The fourth-order valence-electron chi connectivity index (χ4n) is 5.90. The largest absolute Gasteiger partial charge is 0.372 e. The average molecular weight is 625 g/mol. The predicted molar refractivity (Wildman–Crippen MR) is 164 cm³/mol. The third kappa shape index (κ3) is 6.19. The number of pyridine rings is 1. The zero-order chi connectivity index (χ0) is 31.0. The molecule has 2 aromatic carbocycles. The van der Waals surface area contributed by atoms with Gasteiger partial charge in [0.15, 0.2) is 12.1 Å². The minimum atomic E-state index is -3.85. The Balaban J connectivity index is 1.23. The first-order chi connectivity index (χ1) is 21.2. The summed E-state index contributed by atoms with van der Waals surface area (Å²) in [5, 5.41) is 0.392. The fraction of sp³-hybridized carbons (Fsp3) is 0.375. The van der Waals surface area contributed by atoms with Crippen LogP contribution in [0, 0.1) is 23.5 Å². The number of anilines is 2. The molecule has 3 heterocycles. The minimum absolute atomic E-state index is 0.0232. The zero-order valence-corrected chi connectivity index (χ0v) is 25.3. The van der Waals surface area contributed by atoms with Crippen LogP contribution < -0.4 is 9.62 Å². The maximum absolute atomic E-state index is 15.5. The summed E-state index contributed by atoms with van der Waals surface area (Å²) in [6, 6.07) is 11.6. The van der Waals surface area contributed by atoms with Crippen molar-refractivity contribution in [1.82, 2.24) is 9.97 Å². The van der Waals surface area contributed by atoms with Gasteiger partial charge in [-0.25, -0.2) is 22.2 Å². The summed E-state index contributed by atoms with van der Waals surface area (Å²) in [6.07, 6.45) is 6.32. The molecule has 0 unspecified atom stereocenters. The molecule has 232 valence electrons. The molecule has 6 rings (SSSR count). The number of H-pyrrole nitrogens is 1. The van der Waals surface area contributed by atoms with Crippen LogP contribution in [0.2, 0.25) is 0 Å². The van der Waals surface area contributed by atoms with Gasteiger partial charge in [0.2, 0.25) is 15.8 Å². The van der Waals surface area contributed by atoms with E-state index in [-0.39, 0.29) is 23.5 Å². The molecule has 1 aliphatic carbocycles. The molecular weight excluding hydrogens is 590 g/mol. The van der Waals surface area contributed by atoms with Gasteiger partial charge in [0.25, 0.3) is 0 Å². The number of halogens is 2. The zero-order valence-electron chi connectivity index (χ0n) is 24.5. The number of ketones is 1. The number of hydrogen-bond acceptors (Lipinski definition) is 7. The standard InChI is InChI=1S/C32H34F2N4O5S/c1-42-32(43-2)21-11-13-38(14-12-21)23-7-5-20(6-8-23)22-15-24-25(17-36-31(24)35-16-22)30(39)28-26(33)9-10-27(29(28)34)37-44(40,41)18-19-3-4-19/h5-10,15-17,19,21,32,37H,3-4,11-14,18H2,1-2H3,(H,35,36). The van der Waals surface area contributed by atoms with E-state index in [4.69, 9.17) is 9.47 Å². The van der Waals surface area contributed by atoms with Crippen LogP contribution in [-0.2, 0) is 19.5 Å². The molecule has 12 heteroatoms. The molecule has 2 aromatic heterocycles. The highest BCUT2D eigenvalue weighted by Gasteiger charge is 2.31. The van der Waals surface area contributed by atoms with Gasteiger partial charge in [-0.2, -0.15) is 0 Å². The SMILES string of the molecule is COC(OC)C1CCN(c2ccc(-c3cnc4[nH]cc(C(=O)c5c(F)ccc(NS(=O)(=O)CC6CC6)c5F)c4c3)cc2)CC1.